The maximum atomic E-state index is 5.00. The Bertz CT molecular complexity index is 625. The van der Waals surface area contributed by atoms with Gasteiger partial charge in [0.2, 0.25) is 0 Å². The van der Waals surface area contributed by atoms with Crippen LogP contribution in [0, 0.1) is 0 Å². The molecule has 2 unspecified atom stereocenters. The molecule has 7 heteroatoms. The Kier molecular flexibility index (Phi) is 9.02. The lowest BCUT2D eigenvalue weighted by molar-refractivity contribution is 0.0154. The van der Waals surface area contributed by atoms with Gasteiger partial charge in [-0.3, -0.25) is 19.7 Å². The molecule has 1 aromatic rings. The van der Waals surface area contributed by atoms with Crippen LogP contribution in [0.4, 0.5) is 0 Å². The van der Waals surface area contributed by atoms with Crippen molar-refractivity contribution in [2.45, 2.75) is 31.8 Å². The summed E-state index contributed by atoms with van der Waals surface area (Å²) in [5, 5.41) is 7.08. The molecule has 0 radical (unpaired) electrons. The van der Waals surface area contributed by atoms with Crippen LogP contribution in [-0.2, 0) is 0 Å². The van der Waals surface area contributed by atoms with Crippen LogP contribution in [0.2, 0.25) is 0 Å². The van der Waals surface area contributed by atoms with E-state index in [1.54, 1.807) is 0 Å². The summed E-state index contributed by atoms with van der Waals surface area (Å²) < 4.78 is 0. The van der Waals surface area contributed by atoms with Crippen molar-refractivity contribution in [1.29, 1.82) is 0 Å². The second kappa shape index (κ2) is 11.5. The van der Waals surface area contributed by atoms with Gasteiger partial charge in [0, 0.05) is 51.9 Å². The number of likely N-dealkylation sites (tertiary alicyclic amines) is 1. The van der Waals surface area contributed by atoms with Gasteiger partial charge in [0.25, 0.3) is 0 Å². The van der Waals surface area contributed by atoms with E-state index in [0.29, 0.717) is 12.1 Å². The molecule has 4 aliphatic rings. The average Bonchev–Trinajstić information content (AvgIpc) is 3.28. The molecular formula is C22H37IN6. The molecule has 2 bridgehead atoms. The average molecular weight is 512 g/mol. The van der Waals surface area contributed by atoms with Crippen molar-refractivity contribution in [2.24, 2.45) is 4.99 Å². The molecule has 162 valence electrons. The Labute approximate surface area is 193 Å². The zero-order valence-electron chi connectivity index (χ0n) is 17.7. The number of rotatable bonds is 7. The van der Waals surface area contributed by atoms with Crippen LogP contribution < -0.4 is 10.6 Å². The number of fused-ring (bicyclic) bond motifs is 3. The zero-order valence-corrected chi connectivity index (χ0v) is 20.1. The molecule has 0 saturated carbocycles. The lowest BCUT2D eigenvalue weighted by Crippen LogP contribution is -2.63. The number of hydrogen-bond donors (Lipinski definition) is 2. The zero-order chi connectivity index (χ0) is 19.2. The largest absolute Gasteiger partial charge is 0.357 e. The second-order valence-corrected chi connectivity index (χ2v) is 8.26. The Hall–Kier alpha value is -0.900. The van der Waals surface area contributed by atoms with Crippen molar-refractivity contribution in [3.05, 3.63) is 35.9 Å². The number of benzene rings is 1. The van der Waals surface area contributed by atoms with Crippen molar-refractivity contribution in [3.63, 3.8) is 0 Å². The lowest BCUT2D eigenvalue weighted by atomic mass is 10.1. The van der Waals surface area contributed by atoms with Crippen molar-refractivity contribution in [1.82, 2.24) is 25.3 Å². The van der Waals surface area contributed by atoms with E-state index in [1.165, 1.54) is 64.2 Å². The molecule has 0 amide bonds. The normalized spacial score (nSPS) is 28.0. The van der Waals surface area contributed by atoms with E-state index >= 15 is 0 Å². The van der Waals surface area contributed by atoms with Crippen LogP contribution in [0.25, 0.3) is 0 Å². The minimum absolute atomic E-state index is 0. The number of piperazine rings is 3. The number of aliphatic imine (C=N–C) groups is 1. The summed E-state index contributed by atoms with van der Waals surface area (Å²) in [4.78, 5) is 12.8. The van der Waals surface area contributed by atoms with E-state index in [1.807, 2.05) is 0 Å². The highest BCUT2D eigenvalue weighted by Gasteiger charge is 2.31. The Morgan fingerprint density at radius 3 is 2.38 bits per heavy atom. The number of nitrogens with zero attached hydrogens (tertiary/aromatic N) is 4. The standard InChI is InChI=1S/C22H36N6.HI/c1-2-23-22(24-16-20-18-26-12-14-27(20)15-13-26)25-17-21(28-10-6-7-11-28)19-8-4-3-5-9-19;/h3-5,8-9,20-21H,2,6-7,10-18H2,1H3,(H2,23,24,25);1H. The molecule has 0 aromatic heterocycles. The van der Waals surface area contributed by atoms with Gasteiger partial charge >= 0.3 is 0 Å². The van der Waals surface area contributed by atoms with Crippen LogP contribution in [-0.4, -0.2) is 92.1 Å². The second-order valence-electron chi connectivity index (χ2n) is 8.26. The molecule has 0 spiro atoms. The van der Waals surface area contributed by atoms with E-state index < -0.39 is 0 Å². The third kappa shape index (κ3) is 6.06. The molecule has 6 nitrogen and oxygen atoms in total. The fourth-order valence-electron chi connectivity index (χ4n) is 4.81. The quantitative estimate of drug-likeness (QED) is 0.333. The summed E-state index contributed by atoms with van der Waals surface area (Å²) in [6.45, 7) is 13.3. The SMILES string of the molecule is CCNC(=NCC(c1ccccc1)N1CCCC1)NCC1CN2CCN1CC2.I. The van der Waals surface area contributed by atoms with E-state index in [4.69, 9.17) is 4.99 Å². The van der Waals surface area contributed by atoms with Crippen molar-refractivity contribution < 1.29 is 0 Å². The molecule has 2 atom stereocenters. The van der Waals surface area contributed by atoms with Crippen molar-refractivity contribution >= 4 is 29.9 Å². The van der Waals surface area contributed by atoms with E-state index in [0.717, 1.165) is 25.6 Å². The number of nitrogens with one attached hydrogen (secondary N) is 2. The molecule has 4 heterocycles. The number of halogens is 1. The maximum Gasteiger partial charge on any atom is 0.191 e. The van der Waals surface area contributed by atoms with E-state index in [9.17, 15) is 0 Å². The predicted molar refractivity (Wildman–Crippen MR) is 131 cm³/mol. The first-order valence-corrected chi connectivity index (χ1v) is 11.1. The molecule has 4 aliphatic heterocycles. The van der Waals surface area contributed by atoms with Crippen LogP contribution >= 0.6 is 24.0 Å². The molecule has 0 aliphatic carbocycles. The minimum Gasteiger partial charge on any atom is -0.357 e. The Balaban J connectivity index is 0.00000240. The molecule has 29 heavy (non-hydrogen) atoms. The van der Waals surface area contributed by atoms with Gasteiger partial charge in [-0.15, -0.1) is 24.0 Å². The minimum atomic E-state index is 0. The lowest BCUT2D eigenvalue weighted by Gasteiger charge is -2.47. The van der Waals surface area contributed by atoms with Gasteiger partial charge in [0.1, 0.15) is 0 Å². The van der Waals surface area contributed by atoms with Gasteiger partial charge in [-0.1, -0.05) is 30.3 Å². The highest BCUT2D eigenvalue weighted by Crippen LogP contribution is 2.25. The topological polar surface area (TPSA) is 46.1 Å². The smallest absolute Gasteiger partial charge is 0.191 e. The highest BCUT2D eigenvalue weighted by molar-refractivity contribution is 14.0. The van der Waals surface area contributed by atoms with Crippen molar-refractivity contribution in [2.75, 3.05) is 65.4 Å². The van der Waals surface area contributed by atoms with Gasteiger partial charge in [0.15, 0.2) is 5.96 Å². The fraction of sp³-hybridized carbons (Fsp3) is 0.682. The van der Waals surface area contributed by atoms with Gasteiger partial charge < -0.3 is 10.6 Å². The van der Waals surface area contributed by atoms with E-state index in [-0.39, 0.29) is 24.0 Å². The summed E-state index contributed by atoms with van der Waals surface area (Å²) in [5.74, 6) is 0.959. The van der Waals surface area contributed by atoms with Crippen LogP contribution in [0.1, 0.15) is 31.4 Å². The van der Waals surface area contributed by atoms with Gasteiger partial charge in [-0.2, -0.15) is 0 Å². The van der Waals surface area contributed by atoms with Crippen LogP contribution in [0.3, 0.4) is 0 Å². The third-order valence-electron chi connectivity index (χ3n) is 6.43. The Morgan fingerprint density at radius 1 is 1.03 bits per heavy atom. The first-order valence-electron chi connectivity index (χ1n) is 11.1. The van der Waals surface area contributed by atoms with Crippen LogP contribution in [0.5, 0.6) is 0 Å². The first kappa shape index (κ1) is 22.8. The van der Waals surface area contributed by atoms with Gasteiger partial charge in [-0.05, 0) is 38.4 Å². The summed E-state index contributed by atoms with van der Waals surface area (Å²) in [6, 6.07) is 11.9. The molecule has 4 fully saturated rings. The summed E-state index contributed by atoms with van der Waals surface area (Å²) in [7, 11) is 0. The molecule has 2 N–H and O–H groups in total. The number of guanidine groups is 1. The predicted octanol–water partition coefficient (Wildman–Crippen LogP) is 2.00. The van der Waals surface area contributed by atoms with Crippen LogP contribution in [0.15, 0.2) is 35.3 Å². The van der Waals surface area contributed by atoms with E-state index in [2.05, 4.69) is 62.6 Å². The summed E-state index contributed by atoms with van der Waals surface area (Å²) in [5.41, 5.74) is 1.38. The Morgan fingerprint density at radius 2 is 1.76 bits per heavy atom. The first-order chi connectivity index (χ1) is 13.8. The number of hydrogen-bond acceptors (Lipinski definition) is 4. The maximum absolute atomic E-state index is 5.00. The summed E-state index contributed by atoms with van der Waals surface area (Å²) in [6.07, 6.45) is 2.61. The molecule has 4 saturated heterocycles. The molecule has 1 aromatic carbocycles. The van der Waals surface area contributed by atoms with Crippen molar-refractivity contribution in [3.8, 4) is 0 Å². The monoisotopic (exact) mass is 512 g/mol. The molecule has 5 rings (SSSR count). The van der Waals surface area contributed by atoms with Gasteiger partial charge in [0.05, 0.1) is 12.6 Å². The fourth-order valence-corrected chi connectivity index (χ4v) is 4.81. The summed E-state index contributed by atoms with van der Waals surface area (Å²) >= 11 is 0. The third-order valence-corrected chi connectivity index (χ3v) is 6.43. The highest BCUT2D eigenvalue weighted by atomic mass is 127. The molecular weight excluding hydrogens is 475 g/mol. The van der Waals surface area contributed by atoms with Gasteiger partial charge in [-0.25, -0.2) is 0 Å².